The lowest BCUT2D eigenvalue weighted by molar-refractivity contribution is -0.173. The number of amides is 2. The Bertz CT molecular complexity index is 1510. The van der Waals surface area contributed by atoms with Crippen LogP contribution >= 0.6 is 34.4 Å². The number of anilines is 1. The largest absolute Gasteiger partial charge is 0.427 e. The van der Waals surface area contributed by atoms with Gasteiger partial charge >= 0.3 is 11.9 Å². The van der Waals surface area contributed by atoms with E-state index in [1.54, 1.807) is 37.7 Å². The van der Waals surface area contributed by atoms with Crippen molar-refractivity contribution in [3.05, 3.63) is 44.5 Å². The molecule has 0 unspecified atom stereocenters. The number of fused-ring (bicyclic) bond motifs is 1. The first-order valence-electron chi connectivity index (χ1n) is 13.2. The van der Waals surface area contributed by atoms with Gasteiger partial charge in [0.1, 0.15) is 36.6 Å². The number of thioether (sulfide) groups is 1. The van der Waals surface area contributed by atoms with E-state index in [4.69, 9.17) is 19.0 Å². The fraction of sp³-hybridized carbons (Fsp3) is 0.444. The maximum Gasteiger partial charge on any atom is 0.358 e. The smallest absolute Gasteiger partial charge is 0.358 e. The van der Waals surface area contributed by atoms with E-state index >= 15 is 0 Å². The number of methoxy groups -OCH3 is 1. The van der Waals surface area contributed by atoms with E-state index in [0.717, 1.165) is 10.6 Å². The van der Waals surface area contributed by atoms with Gasteiger partial charge in [0, 0.05) is 23.1 Å². The lowest BCUT2D eigenvalue weighted by Crippen LogP contribution is -2.71. The maximum absolute atomic E-state index is 13.5. The van der Waals surface area contributed by atoms with Crippen molar-refractivity contribution in [1.29, 1.82) is 0 Å². The number of carbonyl (C=O) groups is 4. The summed E-state index contributed by atoms with van der Waals surface area (Å²) in [6.07, 6.45) is 3.55. The van der Waals surface area contributed by atoms with E-state index in [-0.39, 0.29) is 23.8 Å². The van der Waals surface area contributed by atoms with E-state index in [2.05, 4.69) is 25.8 Å². The Morgan fingerprint density at radius 1 is 1.18 bits per heavy atom. The van der Waals surface area contributed by atoms with Crippen LogP contribution in [0.4, 0.5) is 5.13 Å². The van der Waals surface area contributed by atoms with E-state index in [1.165, 1.54) is 53.6 Å². The van der Waals surface area contributed by atoms with Gasteiger partial charge in [-0.25, -0.2) is 14.8 Å². The molecule has 1 saturated heterocycles. The highest BCUT2D eigenvalue weighted by molar-refractivity contribution is 8.00. The molecule has 17 heteroatoms. The first kappa shape index (κ1) is 33.1. The molecule has 0 saturated carbocycles. The number of allylic oxidation sites excluding steroid dienone is 1. The van der Waals surface area contributed by atoms with Gasteiger partial charge in [-0.1, -0.05) is 11.2 Å². The van der Waals surface area contributed by atoms with Crippen LogP contribution in [0.5, 0.6) is 0 Å². The molecule has 1 fully saturated rings. The quantitative estimate of drug-likeness (QED) is 0.112. The Morgan fingerprint density at radius 3 is 2.61 bits per heavy atom. The molecule has 2 aromatic rings. The van der Waals surface area contributed by atoms with Gasteiger partial charge < -0.3 is 29.7 Å². The number of aryl methyl sites for hydroxylation is 1. The monoisotopic (exact) mass is 664 g/mol. The molecule has 0 radical (unpaired) electrons. The average molecular weight is 665 g/mol. The number of ether oxygens (including phenoxy) is 3. The molecule has 0 spiro atoms. The molecular weight excluding hydrogens is 633 g/mol. The summed E-state index contributed by atoms with van der Waals surface area (Å²) >= 11 is 4.05. The Balaban J connectivity index is 1.53. The van der Waals surface area contributed by atoms with Crippen molar-refractivity contribution >= 4 is 75.1 Å². The number of esters is 2. The Morgan fingerprint density at radius 2 is 1.95 bits per heavy atom. The Kier molecular flexibility index (Phi) is 10.8. The van der Waals surface area contributed by atoms with Crippen LogP contribution in [0.2, 0.25) is 0 Å². The summed E-state index contributed by atoms with van der Waals surface area (Å²) in [6, 6.07) is -0.963. The third kappa shape index (κ3) is 7.46. The third-order valence-electron chi connectivity index (χ3n) is 6.20. The zero-order chi connectivity index (χ0) is 32.0. The molecule has 44 heavy (non-hydrogen) atoms. The molecule has 2 atom stereocenters. The van der Waals surface area contributed by atoms with Crippen LogP contribution in [0, 0.1) is 12.3 Å². The van der Waals surface area contributed by atoms with Crippen molar-refractivity contribution in [2.75, 3.05) is 38.8 Å². The lowest BCUT2D eigenvalue weighted by Gasteiger charge is -2.49. The van der Waals surface area contributed by atoms with Crippen molar-refractivity contribution in [3.63, 3.8) is 0 Å². The second kappa shape index (κ2) is 14.3. The fourth-order valence-corrected chi connectivity index (χ4v) is 6.63. The molecule has 2 amide bonds. The van der Waals surface area contributed by atoms with Gasteiger partial charge in [0.25, 0.3) is 11.8 Å². The minimum absolute atomic E-state index is 0.00798. The molecule has 2 aliphatic heterocycles. The molecular formula is C27H32N6O8S3. The van der Waals surface area contributed by atoms with Crippen molar-refractivity contribution < 1.29 is 38.2 Å². The van der Waals surface area contributed by atoms with Gasteiger partial charge in [-0.3, -0.25) is 19.3 Å². The van der Waals surface area contributed by atoms with Crippen LogP contribution in [-0.2, 0) is 38.2 Å². The van der Waals surface area contributed by atoms with E-state index < -0.39 is 47.4 Å². The van der Waals surface area contributed by atoms with Crippen LogP contribution in [0.25, 0.3) is 6.08 Å². The second-order valence-corrected chi connectivity index (χ2v) is 13.2. The molecule has 236 valence electrons. The highest BCUT2D eigenvalue weighted by atomic mass is 32.2. The standard InChI is InChI=1S/C27H32N6O8S3/c1-14-17(44-12-29-14)8-7-15-9-42-23-19(22(35)33(23)20(15)24(36)40-13-41-25(37)27(2,3)4)31-21(34)18(32-39-6)16-10-43-26(30-16)28-11-38-5/h7-8,10,12,19,23H,9,11,13H2,1-6H3,(H,28,30)(H,31,34)/b8-7-,32-18+/t19-,23-/m1/s1. The molecule has 4 rings (SSSR count). The van der Waals surface area contributed by atoms with E-state index in [9.17, 15) is 19.2 Å². The number of β-lactam (4-membered cyclic amide) rings is 1. The number of carbonyl (C=O) groups excluding carboxylic acids is 4. The average Bonchev–Trinajstić information content (AvgIpc) is 3.63. The van der Waals surface area contributed by atoms with Crippen LogP contribution in [0.3, 0.4) is 0 Å². The Hall–Kier alpha value is -3.80. The molecule has 14 nitrogen and oxygen atoms in total. The zero-order valence-electron chi connectivity index (χ0n) is 24.9. The summed E-state index contributed by atoms with van der Waals surface area (Å²) in [6.45, 7) is 6.50. The first-order valence-corrected chi connectivity index (χ1v) is 16.0. The summed E-state index contributed by atoms with van der Waals surface area (Å²) in [5.41, 5.74) is 2.41. The predicted octanol–water partition coefficient (Wildman–Crippen LogP) is 2.73. The lowest BCUT2D eigenvalue weighted by atomic mass is 9.98. The zero-order valence-corrected chi connectivity index (χ0v) is 27.3. The highest BCUT2D eigenvalue weighted by Gasteiger charge is 2.54. The summed E-state index contributed by atoms with van der Waals surface area (Å²) in [5, 5.41) is 11.0. The van der Waals surface area contributed by atoms with Gasteiger partial charge in [0.2, 0.25) is 6.79 Å². The van der Waals surface area contributed by atoms with Gasteiger partial charge in [-0.2, -0.15) is 0 Å². The van der Waals surface area contributed by atoms with Crippen LogP contribution < -0.4 is 10.6 Å². The molecule has 2 N–H and O–H groups in total. The summed E-state index contributed by atoms with van der Waals surface area (Å²) in [7, 11) is 2.82. The molecule has 2 aromatic heterocycles. The van der Waals surface area contributed by atoms with Gasteiger partial charge in [-0.05, 0) is 39.3 Å². The van der Waals surface area contributed by atoms with Crippen LogP contribution in [-0.4, -0.2) is 89.2 Å². The molecule has 4 heterocycles. The van der Waals surface area contributed by atoms with Gasteiger partial charge in [-0.15, -0.1) is 34.4 Å². The normalized spacial score (nSPS) is 18.5. The molecule has 0 aliphatic carbocycles. The van der Waals surface area contributed by atoms with Gasteiger partial charge in [0.05, 0.1) is 16.6 Å². The fourth-order valence-electron chi connectivity index (χ4n) is 3.93. The number of aromatic nitrogens is 2. The predicted molar refractivity (Wildman–Crippen MR) is 166 cm³/mol. The summed E-state index contributed by atoms with van der Waals surface area (Å²) in [5.74, 6) is -2.25. The van der Waals surface area contributed by atoms with Crippen molar-refractivity contribution in [3.8, 4) is 0 Å². The maximum atomic E-state index is 13.5. The van der Waals surface area contributed by atoms with Crippen molar-refractivity contribution in [2.24, 2.45) is 10.6 Å². The number of rotatable bonds is 12. The summed E-state index contributed by atoms with van der Waals surface area (Å²) < 4.78 is 15.4. The van der Waals surface area contributed by atoms with Gasteiger partial charge in [0.15, 0.2) is 10.8 Å². The van der Waals surface area contributed by atoms with Crippen molar-refractivity contribution in [2.45, 2.75) is 39.1 Å². The summed E-state index contributed by atoms with van der Waals surface area (Å²) in [4.78, 5) is 67.8. The number of nitrogens with zero attached hydrogens (tertiary/aromatic N) is 4. The van der Waals surface area contributed by atoms with Crippen molar-refractivity contribution in [1.82, 2.24) is 20.2 Å². The van der Waals surface area contributed by atoms with E-state index in [0.29, 0.717) is 16.5 Å². The van der Waals surface area contributed by atoms with Crippen LogP contribution in [0.1, 0.15) is 37.0 Å². The van der Waals surface area contributed by atoms with Crippen LogP contribution in [0.15, 0.2) is 33.4 Å². The number of thiazole rings is 2. The second-order valence-electron chi connectivity index (χ2n) is 10.4. The van der Waals surface area contributed by atoms with E-state index in [1.807, 2.05) is 13.0 Å². The first-order chi connectivity index (χ1) is 21.0. The molecule has 0 bridgehead atoms. The SMILES string of the molecule is COCNc1nc(/C(=N\OC)C(=O)N[C@@H]2C(=O)N3C(C(=O)OCOC(=O)C(C)(C)C)=C(/C=C\c4scnc4C)CS[C@H]23)cs1. The highest BCUT2D eigenvalue weighted by Crippen LogP contribution is 2.41. The Labute approximate surface area is 265 Å². The third-order valence-corrected chi connectivity index (χ3v) is 9.20. The number of nitrogens with one attached hydrogen (secondary N) is 2. The molecule has 2 aliphatic rings. The minimum atomic E-state index is -0.963. The number of hydrogen-bond acceptors (Lipinski definition) is 15. The number of oxime groups is 1. The molecule has 0 aromatic carbocycles. The number of hydrogen-bond donors (Lipinski definition) is 2. The topological polar surface area (TPSA) is 171 Å². The minimum Gasteiger partial charge on any atom is -0.427 e.